The van der Waals surface area contributed by atoms with Crippen molar-refractivity contribution >= 4 is 16.8 Å². The number of hydrogen-bond donors (Lipinski definition) is 1. The molecule has 5 rings (SSSR count). The lowest BCUT2D eigenvalue weighted by molar-refractivity contribution is 0.0674. The molecule has 0 radical (unpaired) electrons. The zero-order valence-electron chi connectivity index (χ0n) is 15.5. The van der Waals surface area contributed by atoms with Gasteiger partial charge in [0.05, 0.1) is 6.26 Å². The number of nitrogens with one attached hydrogen (secondary N) is 1. The van der Waals surface area contributed by atoms with Gasteiger partial charge in [-0.1, -0.05) is 18.2 Å². The molecule has 0 bridgehead atoms. The third-order valence-corrected chi connectivity index (χ3v) is 5.55. The van der Waals surface area contributed by atoms with E-state index in [1.54, 1.807) is 18.4 Å². The Kier molecular flexibility index (Phi) is 4.20. The van der Waals surface area contributed by atoms with Gasteiger partial charge in [-0.25, -0.2) is 0 Å². The van der Waals surface area contributed by atoms with E-state index in [9.17, 15) is 4.79 Å². The summed E-state index contributed by atoms with van der Waals surface area (Å²) in [6, 6.07) is 16.0. The largest absolute Gasteiger partial charge is 0.459 e. The number of nitrogens with zero attached hydrogens (tertiary/aromatic N) is 2. The van der Waals surface area contributed by atoms with Crippen LogP contribution in [0.2, 0.25) is 0 Å². The number of benzene rings is 1. The van der Waals surface area contributed by atoms with Crippen LogP contribution in [0, 0.1) is 0 Å². The Bertz CT molecular complexity index is 1100. The molecule has 5 nitrogen and oxygen atoms in total. The van der Waals surface area contributed by atoms with Crippen molar-refractivity contribution in [2.24, 2.45) is 0 Å². The lowest BCUT2D eigenvalue weighted by Gasteiger charge is -2.32. The number of carbonyl (C=O) groups excluding carboxylic acids is 1. The topological polar surface area (TPSA) is 62.1 Å². The fourth-order valence-electron chi connectivity index (χ4n) is 4.25. The first-order chi connectivity index (χ1) is 13.8. The van der Waals surface area contributed by atoms with Gasteiger partial charge in [-0.05, 0) is 48.7 Å². The molecule has 4 aromatic rings. The van der Waals surface area contributed by atoms with Crippen molar-refractivity contribution < 1.29 is 9.21 Å². The molecule has 4 heterocycles. The fourth-order valence-corrected chi connectivity index (χ4v) is 4.25. The zero-order chi connectivity index (χ0) is 18.9. The first-order valence-corrected chi connectivity index (χ1v) is 9.65. The summed E-state index contributed by atoms with van der Waals surface area (Å²) in [4.78, 5) is 22.5. The molecule has 5 heteroatoms. The summed E-state index contributed by atoms with van der Waals surface area (Å²) in [5, 5.41) is 1.21. The number of furan rings is 1. The summed E-state index contributed by atoms with van der Waals surface area (Å²) < 4.78 is 5.32. The molecule has 0 saturated carbocycles. The molecule has 28 heavy (non-hydrogen) atoms. The number of carbonyl (C=O) groups is 1. The molecule has 0 unspecified atom stereocenters. The Morgan fingerprint density at radius 3 is 2.79 bits per heavy atom. The monoisotopic (exact) mass is 371 g/mol. The second kappa shape index (κ2) is 7.00. The van der Waals surface area contributed by atoms with Crippen LogP contribution in [-0.2, 0) is 0 Å². The van der Waals surface area contributed by atoms with Crippen LogP contribution in [-0.4, -0.2) is 33.9 Å². The molecule has 3 aromatic heterocycles. The summed E-state index contributed by atoms with van der Waals surface area (Å²) in [7, 11) is 0. The average Bonchev–Trinajstić information content (AvgIpc) is 3.42. The van der Waals surface area contributed by atoms with Gasteiger partial charge in [0.1, 0.15) is 0 Å². The van der Waals surface area contributed by atoms with E-state index < -0.39 is 0 Å². The summed E-state index contributed by atoms with van der Waals surface area (Å²) in [6.45, 7) is 1.45. The molecule has 1 aliphatic heterocycles. The van der Waals surface area contributed by atoms with Gasteiger partial charge in [-0.15, -0.1) is 0 Å². The maximum Gasteiger partial charge on any atom is 0.289 e. The van der Waals surface area contributed by atoms with Crippen LogP contribution < -0.4 is 0 Å². The van der Waals surface area contributed by atoms with Crippen molar-refractivity contribution in [1.82, 2.24) is 14.9 Å². The number of H-pyrrole nitrogens is 1. The standard InChI is InChI=1S/C23H21N3O2/c27-23(20-8-4-14-28-20)26-13-3-5-17(15-26)22-21(16-9-11-24-12-10-16)18-6-1-2-7-19(18)25-22/h1-2,4,6-12,14,17,25H,3,5,13,15H2/t17-/m1/s1. The molecule has 1 amide bonds. The quantitative estimate of drug-likeness (QED) is 0.560. The highest BCUT2D eigenvalue weighted by Gasteiger charge is 2.29. The number of aromatic amines is 1. The minimum absolute atomic E-state index is 0.0312. The van der Waals surface area contributed by atoms with Gasteiger partial charge in [-0.3, -0.25) is 9.78 Å². The van der Waals surface area contributed by atoms with Crippen LogP contribution in [0.1, 0.15) is 35.0 Å². The van der Waals surface area contributed by atoms with Crippen LogP contribution in [0.15, 0.2) is 71.6 Å². The van der Waals surface area contributed by atoms with Crippen LogP contribution >= 0.6 is 0 Å². The molecule has 0 spiro atoms. The predicted octanol–water partition coefficient (Wildman–Crippen LogP) is 4.84. The van der Waals surface area contributed by atoms with Gasteiger partial charge in [0.25, 0.3) is 5.91 Å². The third-order valence-electron chi connectivity index (χ3n) is 5.55. The van der Waals surface area contributed by atoms with E-state index in [0.717, 1.165) is 30.5 Å². The number of pyridine rings is 1. The number of likely N-dealkylation sites (tertiary alicyclic amines) is 1. The van der Waals surface area contributed by atoms with Gasteiger partial charge in [0, 0.05) is 53.6 Å². The van der Waals surface area contributed by atoms with Gasteiger partial charge in [-0.2, -0.15) is 0 Å². The summed E-state index contributed by atoms with van der Waals surface area (Å²) in [6.07, 6.45) is 7.23. The van der Waals surface area contributed by atoms with Gasteiger partial charge in [0.2, 0.25) is 0 Å². The van der Waals surface area contributed by atoms with Crippen molar-refractivity contribution in [3.63, 3.8) is 0 Å². The molecular formula is C23H21N3O2. The fraction of sp³-hybridized carbons (Fsp3) is 0.217. The minimum Gasteiger partial charge on any atom is -0.459 e. The molecule has 1 N–H and O–H groups in total. The molecular weight excluding hydrogens is 350 g/mol. The highest BCUT2D eigenvalue weighted by molar-refractivity contribution is 5.98. The molecule has 0 aliphatic carbocycles. The van der Waals surface area contributed by atoms with Gasteiger partial charge < -0.3 is 14.3 Å². The normalized spacial score (nSPS) is 17.1. The average molecular weight is 371 g/mol. The summed E-state index contributed by atoms with van der Waals surface area (Å²) >= 11 is 0. The molecule has 1 fully saturated rings. The summed E-state index contributed by atoms with van der Waals surface area (Å²) in [5.74, 6) is 0.631. The van der Waals surface area contributed by atoms with E-state index in [2.05, 4.69) is 28.2 Å². The summed E-state index contributed by atoms with van der Waals surface area (Å²) in [5.41, 5.74) is 4.69. The van der Waals surface area contributed by atoms with Crippen LogP contribution in [0.3, 0.4) is 0 Å². The number of aromatic nitrogens is 2. The Balaban J connectivity index is 1.55. The Morgan fingerprint density at radius 1 is 1.11 bits per heavy atom. The highest BCUT2D eigenvalue weighted by Crippen LogP contribution is 2.39. The van der Waals surface area contributed by atoms with E-state index >= 15 is 0 Å². The van der Waals surface area contributed by atoms with Crippen molar-refractivity contribution in [2.45, 2.75) is 18.8 Å². The maximum absolute atomic E-state index is 12.8. The number of piperidine rings is 1. The van der Waals surface area contributed by atoms with Crippen molar-refractivity contribution in [3.8, 4) is 11.1 Å². The number of amides is 1. The smallest absolute Gasteiger partial charge is 0.289 e. The van der Waals surface area contributed by atoms with Gasteiger partial charge >= 0.3 is 0 Å². The van der Waals surface area contributed by atoms with Crippen molar-refractivity contribution in [1.29, 1.82) is 0 Å². The molecule has 140 valence electrons. The Labute approximate surface area is 163 Å². The number of para-hydroxylation sites is 1. The van der Waals surface area contributed by atoms with E-state index in [1.807, 2.05) is 35.5 Å². The van der Waals surface area contributed by atoms with Crippen LogP contribution in [0.4, 0.5) is 0 Å². The molecule has 1 aromatic carbocycles. The second-order valence-electron chi connectivity index (χ2n) is 7.26. The lowest BCUT2D eigenvalue weighted by Crippen LogP contribution is -2.39. The Hall–Kier alpha value is -3.34. The molecule has 1 atom stereocenters. The van der Waals surface area contributed by atoms with Crippen LogP contribution in [0.25, 0.3) is 22.0 Å². The SMILES string of the molecule is O=C(c1ccco1)N1CCC[C@@H](c2[nH]c3ccccc3c2-c2ccncc2)C1. The number of hydrogen-bond acceptors (Lipinski definition) is 3. The second-order valence-corrected chi connectivity index (χ2v) is 7.26. The highest BCUT2D eigenvalue weighted by atomic mass is 16.3. The van der Waals surface area contributed by atoms with E-state index in [4.69, 9.17) is 4.42 Å². The van der Waals surface area contributed by atoms with Crippen molar-refractivity contribution in [2.75, 3.05) is 13.1 Å². The number of rotatable bonds is 3. The predicted molar refractivity (Wildman–Crippen MR) is 108 cm³/mol. The first kappa shape index (κ1) is 16.8. The van der Waals surface area contributed by atoms with Crippen LogP contribution in [0.5, 0.6) is 0 Å². The first-order valence-electron chi connectivity index (χ1n) is 9.65. The van der Waals surface area contributed by atoms with Crippen molar-refractivity contribution in [3.05, 3.63) is 78.6 Å². The van der Waals surface area contributed by atoms with E-state index in [1.165, 1.54) is 16.6 Å². The number of fused-ring (bicyclic) bond motifs is 1. The third kappa shape index (κ3) is 2.89. The maximum atomic E-state index is 12.8. The minimum atomic E-state index is -0.0312. The molecule has 1 aliphatic rings. The Morgan fingerprint density at radius 2 is 1.96 bits per heavy atom. The molecule has 1 saturated heterocycles. The lowest BCUT2D eigenvalue weighted by atomic mass is 9.89. The van der Waals surface area contributed by atoms with E-state index in [0.29, 0.717) is 12.3 Å². The van der Waals surface area contributed by atoms with Gasteiger partial charge in [0.15, 0.2) is 5.76 Å². The van der Waals surface area contributed by atoms with E-state index in [-0.39, 0.29) is 11.8 Å². The zero-order valence-corrected chi connectivity index (χ0v) is 15.5.